The lowest BCUT2D eigenvalue weighted by molar-refractivity contribution is -0.932. The van der Waals surface area contributed by atoms with Crippen molar-refractivity contribution in [1.82, 2.24) is 0 Å². The first-order valence-electron chi connectivity index (χ1n) is 12.5. The fourth-order valence-electron chi connectivity index (χ4n) is 4.47. The molecule has 1 N–H and O–H groups in total. The van der Waals surface area contributed by atoms with E-state index >= 15 is 0 Å². The van der Waals surface area contributed by atoms with Gasteiger partial charge in [-0.15, -0.1) is 0 Å². The van der Waals surface area contributed by atoms with E-state index in [9.17, 15) is 14.4 Å². The van der Waals surface area contributed by atoms with Crippen molar-refractivity contribution in [2.24, 2.45) is 0 Å². The van der Waals surface area contributed by atoms with Crippen molar-refractivity contribution in [1.29, 1.82) is 0 Å². The Morgan fingerprint density at radius 3 is 2.19 bits per heavy atom. The maximum Gasteiger partial charge on any atom is 0.362 e. The van der Waals surface area contributed by atoms with Crippen LogP contribution in [0.4, 0.5) is 5.69 Å². The summed E-state index contributed by atoms with van der Waals surface area (Å²) in [7, 11) is 1.51. The van der Waals surface area contributed by atoms with Crippen molar-refractivity contribution in [3.8, 4) is 5.75 Å². The fraction of sp³-hybridized carbons (Fsp3) is 0.464. The zero-order valence-corrected chi connectivity index (χ0v) is 22.3. The number of amides is 1. The Bertz CT molecular complexity index is 1030. The van der Waals surface area contributed by atoms with Crippen molar-refractivity contribution < 1.29 is 33.1 Å². The maximum absolute atomic E-state index is 13.6. The molecule has 0 aliphatic rings. The highest BCUT2D eigenvalue weighted by molar-refractivity contribution is 6.03. The maximum atomic E-state index is 13.6. The zero-order chi connectivity index (χ0) is 26.7. The number of nitrogens with one attached hydrogen (secondary N) is 1. The highest BCUT2D eigenvalue weighted by atomic mass is 16.5. The summed E-state index contributed by atoms with van der Waals surface area (Å²) in [5, 5.41) is 2.96. The monoisotopic (exact) mass is 499 g/mol. The summed E-state index contributed by atoms with van der Waals surface area (Å²) in [6.45, 7) is 11.0. The lowest BCUT2D eigenvalue weighted by atomic mass is 10.0. The summed E-state index contributed by atoms with van der Waals surface area (Å²) in [4.78, 5) is 39.1. The molecule has 0 saturated carbocycles. The summed E-state index contributed by atoms with van der Waals surface area (Å²) in [6, 6.07) is 12.3. The molecule has 196 valence electrons. The average Bonchev–Trinajstić information content (AvgIpc) is 2.88. The molecular formula is C28H39N2O6+. The van der Waals surface area contributed by atoms with Gasteiger partial charge in [0.05, 0.1) is 38.1 Å². The van der Waals surface area contributed by atoms with Crippen LogP contribution in [0.15, 0.2) is 42.5 Å². The number of quaternary nitrogens is 1. The molecule has 0 fully saturated rings. The molecule has 36 heavy (non-hydrogen) atoms. The first-order chi connectivity index (χ1) is 17.2. The molecule has 2 aromatic rings. The average molecular weight is 500 g/mol. The number of methoxy groups -OCH3 is 1. The van der Waals surface area contributed by atoms with E-state index in [4.69, 9.17) is 14.2 Å². The standard InChI is InChI=1S/C28H38N2O6/c1-7-24(30(8-2,9-3)18-25(31)36-19-21-14-12-11-13-15-21)27(32)29-26-20(5)16-22(34-6)17-23(26)28(33)35-10-4/h11-17,24H,7-10,18-19H2,1-6H3/p+1. The van der Waals surface area contributed by atoms with Crippen molar-refractivity contribution in [2.75, 3.05) is 38.7 Å². The van der Waals surface area contributed by atoms with Gasteiger partial charge in [0.25, 0.3) is 5.91 Å². The summed E-state index contributed by atoms with van der Waals surface area (Å²) in [5.74, 6) is -0.675. The van der Waals surface area contributed by atoms with E-state index in [0.717, 1.165) is 5.56 Å². The van der Waals surface area contributed by atoms with Crippen LogP contribution in [0.2, 0.25) is 0 Å². The minimum absolute atomic E-state index is 0.0675. The molecule has 0 heterocycles. The number of carbonyl (C=O) groups is 3. The first-order valence-corrected chi connectivity index (χ1v) is 12.5. The molecular weight excluding hydrogens is 460 g/mol. The van der Waals surface area contributed by atoms with Gasteiger partial charge in [-0.25, -0.2) is 9.59 Å². The van der Waals surface area contributed by atoms with Gasteiger partial charge in [0.15, 0.2) is 12.6 Å². The second kappa shape index (κ2) is 13.6. The molecule has 0 bridgehead atoms. The molecule has 0 radical (unpaired) electrons. The normalized spacial score (nSPS) is 11.9. The number of nitrogens with zero attached hydrogens (tertiary/aromatic N) is 1. The number of ether oxygens (including phenoxy) is 3. The Morgan fingerprint density at radius 2 is 1.64 bits per heavy atom. The predicted octanol–water partition coefficient (Wildman–Crippen LogP) is 4.50. The quantitative estimate of drug-likeness (QED) is 0.322. The van der Waals surface area contributed by atoms with Crippen LogP contribution in [0, 0.1) is 6.92 Å². The van der Waals surface area contributed by atoms with Gasteiger partial charge < -0.3 is 24.0 Å². The van der Waals surface area contributed by atoms with E-state index < -0.39 is 12.0 Å². The van der Waals surface area contributed by atoms with Crippen molar-refractivity contribution in [3.63, 3.8) is 0 Å². The molecule has 0 aromatic heterocycles. The van der Waals surface area contributed by atoms with Crippen LogP contribution in [-0.4, -0.2) is 61.7 Å². The summed E-state index contributed by atoms with van der Waals surface area (Å²) in [6.07, 6.45) is 0.503. The molecule has 8 heteroatoms. The summed E-state index contributed by atoms with van der Waals surface area (Å²) in [5.41, 5.74) is 2.19. The van der Waals surface area contributed by atoms with Gasteiger partial charge in [-0.05, 0) is 51.0 Å². The lowest BCUT2D eigenvalue weighted by Gasteiger charge is -2.41. The van der Waals surface area contributed by atoms with Gasteiger partial charge in [0, 0.05) is 6.42 Å². The van der Waals surface area contributed by atoms with Crippen molar-refractivity contribution in [2.45, 2.75) is 53.7 Å². The molecule has 1 amide bonds. The SMILES string of the molecule is CCOC(=O)c1cc(OC)cc(C)c1NC(=O)C(CC)[N+](CC)(CC)CC(=O)OCc1ccccc1. The van der Waals surface area contributed by atoms with Gasteiger partial charge in [-0.1, -0.05) is 37.3 Å². The smallest absolute Gasteiger partial charge is 0.362 e. The molecule has 0 aliphatic heterocycles. The van der Waals surface area contributed by atoms with Crippen LogP contribution in [0.3, 0.4) is 0 Å². The number of aryl methyl sites for hydroxylation is 1. The van der Waals surface area contributed by atoms with Gasteiger partial charge in [0.1, 0.15) is 12.4 Å². The van der Waals surface area contributed by atoms with Crippen molar-refractivity contribution >= 4 is 23.5 Å². The summed E-state index contributed by atoms with van der Waals surface area (Å²) < 4.78 is 16.3. The Morgan fingerprint density at radius 1 is 0.972 bits per heavy atom. The van der Waals surface area contributed by atoms with Crippen LogP contribution >= 0.6 is 0 Å². The minimum Gasteiger partial charge on any atom is -0.497 e. The molecule has 2 aromatic carbocycles. The van der Waals surface area contributed by atoms with Crippen molar-refractivity contribution in [3.05, 3.63) is 59.2 Å². The number of hydrogen-bond donors (Lipinski definition) is 1. The van der Waals surface area contributed by atoms with E-state index in [0.29, 0.717) is 36.5 Å². The number of likely N-dealkylation sites (N-methyl/N-ethyl adjacent to an activating group) is 1. The molecule has 0 aliphatic carbocycles. The number of anilines is 1. The number of benzene rings is 2. The van der Waals surface area contributed by atoms with Gasteiger partial charge in [-0.2, -0.15) is 0 Å². The van der Waals surface area contributed by atoms with Crippen LogP contribution in [0.1, 0.15) is 55.6 Å². The number of esters is 2. The van der Waals surface area contributed by atoms with Gasteiger partial charge >= 0.3 is 11.9 Å². The highest BCUT2D eigenvalue weighted by Crippen LogP contribution is 2.29. The lowest BCUT2D eigenvalue weighted by Crippen LogP contribution is -2.61. The molecule has 2 rings (SSSR count). The van der Waals surface area contributed by atoms with E-state index in [2.05, 4.69) is 5.32 Å². The largest absolute Gasteiger partial charge is 0.497 e. The zero-order valence-electron chi connectivity index (χ0n) is 22.3. The highest BCUT2D eigenvalue weighted by Gasteiger charge is 2.41. The number of carbonyl (C=O) groups excluding carboxylic acids is 3. The van der Waals surface area contributed by atoms with Gasteiger partial charge in [-0.3, -0.25) is 4.79 Å². The Balaban J connectivity index is 2.29. The second-order valence-corrected chi connectivity index (χ2v) is 8.66. The Labute approximate surface area is 214 Å². The third kappa shape index (κ3) is 7.07. The summed E-state index contributed by atoms with van der Waals surface area (Å²) >= 11 is 0. The van der Waals surface area contributed by atoms with Crippen LogP contribution in [0.5, 0.6) is 5.75 Å². The molecule has 0 saturated heterocycles. The van der Waals surface area contributed by atoms with E-state index in [-0.39, 0.29) is 41.7 Å². The topological polar surface area (TPSA) is 90.9 Å². The molecule has 1 unspecified atom stereocenters. The Kier molecular flexibility index (Phi) is 10.9. The molecule has 0 spiro atoms. The number of rotatable bonds is 13. The first kappa shape index (κ1) is 28.8. The van der Waals surface area contributed by atoms with Crippen LogP contribution in [0.25, 0.3) is 0 Å². The second-order valence-electron chi connectivity index (χ2n) is 8.66. The van der Waals surface area contributed by atoms with Crippen LogP contribution in [-0.2, 0) is 25.7 Å². The van der Waals surface area contributed by atoms with E-state index in [1.807, 2.05) is 51.1 Å². The van der Waals surface area contributed by atoms with Crippen LogP contribution < -0.4 is 10.1 Å². The third-order valence-electron chi connectivity index (χ3n) is 6.59. The number of hydrogen-bond acceptors (Lipinski definition) is 6. The minimum atomic E-state index is -0.543. The van der Waals surface area contributed by atoms with E-state index in [1.165, 1.54) is 7.11 Å². The van der Waals surface area contributed by atoms with E-state index in [1.54, 1.807) is 26.0 Å². The molecule has 1 atom stereocenters. The molecule has 8 nitrogen and oxygen atoms in total. The Hall–Kier alpha value is -3.39. The van der Waals surface area contributed by atoms with Gasteiger partial charge in [0.2, 0.25) is 0 Å². The predicted molar refractivity (Wildman–Crippen MR) is 139 cm³/mol. The fourth-order valence-corrected chi connectivity index (χ4v) is 4.47. The third-order valence-corrected chi connectivity index (χ3v) is 6.59.